The average molecular weight is 127 g/mol. The van der Waals surface area contributed by atoms with E-state index >= 15 is 0 Å². The Morgan fingerprint density at radius 3 is 3.00 bits per heavy atom. The number of H-pyrrole nitrogens is 1. The maximum atomic E-state index is 10.3. The van der Waals surface area contributed by atoms with Gasteiger partial charge < -0.3 is 4.84 Å². The summed E-state index contributed by atoms with van der Waals surface area (Å²) in [5.74, 6) is 4.92. The third-order valence-corrected chi connectivity index (χ3v) is 0.775. The fourth-order valence-electron chi connectivity index (χ4n) is 0.421. The van der Waals surface area contributed by atoms with E-state index in [-0.39, 0.29) is 5.88 Å². The van der Waals surface area contributed by atoms with E-state index in [4.69, 9.17) is 5.90 Å². The molecule has 0 spiro atoms. The van der Waals surface area contributed by atoms with E-state index in [1.807, 2.05) is 0 Å². The zero-order valence-electron chi connectivity index (χ0n) is 4.50. The van der Waals surface area contributed by atoms with Crippen LogP contribution in [0, 0.1) is 0 Å². The smallest absolute Gasteiger partial charge is 0.347 e. The molecular weight excluding hydrogens is 122 g/mol. The van der Waals surface area contributed by atoms with Crippen LogP contribution < -0.4 is 16.4 Å². The second-order valence-electron chi connectivity index (χ2n) is 1.36. The van der Waals surface area contributed by atoms with E-state index in [1.165, 1.54) is 12.3 Å². The number of aromatic amines is 1. The van der Waals surface area contributed by atoms with Crippen LogP contribution in [0.15, 0.2) is 17.1 Å². The fraction of sp³-hybridized carbons (Fsp3) is 0. The molecule has 3 N–H and O–H groups in total. The highest BCUT2D eigenvalue weighted by Gasteiger charge is 1.87. The van der Waals surface area contributed by atoms with Gasteiger partial charge in [-0.15, -0.1) is 0 Å². The number of nitrogens with one attached hydrogen (secondary N) is 1. The van der Waals surface area contributed by atoms with Crippen molar-refractivity contribution in [1.29, 1.82) is 0 Å². The SMILES string of the molecule is NOc1ccnc(=O)[nH]1. The summed E-state index contributed by atoms with van der Waals surface area (Å²) in [5, 5.41) is 0. The van der Waals surface area contributed by atoms with Gasteiger partial charge in [0.1, 0.15) is 0 Å². The van der Waals surface area contributed by atoms with Gasteiger partial charge in [-0.1, -0.05) is 0 Å². The summed E-state index contributed by atoms with van der Waals surface area (Å²) in [6.45, 7) is 0. The molecule has 0 aliphatic carbocycles. The van der Waals surface area contributed by atoms with Crippen molar-refractivity contribution in [2.45, 2.75) is 0 Å². The largest absolute Gasteiger partial charge is 0.393 e. The van der Waals surface area contributed by atoms with Crippen LogP contribution in [0.3, 0.4) is 0 Å². The first kappa shape index (κ1) is 5.77. The second kappa shape index (κ2) is 2.27. The van der Waals surface area contributed by atoms with Crippen molar-refractivity contribution >= 4 is 0 Å². The Morgan fingerprint density at radius 2 is 2.56 bits per heavy atom. The lowest BCUT2D eigenvalue weighted by molar-refractivity contribution is 0.319. The Bertz CT molecular complexity index is 244. The lowest BCUT2D eigenvalue weighted by Crippen LogP contribution is -2.13. The highest BCUT2D eigenvalue weighted by molar-refractivity contribution is 5.03. The first-order chi connectivity index (χ1) is 4.33. The van der Waals surface area contributed by atoms with Crippen LogP contribution in [0.5, 0.6) is 5.88 Å². The molecule has 1 aromatic heterocycles. The Balaban J connectivity index is 3.08. The number of nitrogens with zero attached hydrogens (tertiary/aromatic N) is 1. The molecule has 0 saturated heterocycles. The predicted octanol–water partition coefficient (Wildman–Crippen LogP) is -0.978. The molecule has 5 heteroatoms. The van der Waals surface area contributed by atoms with Crippen molar-refractivity contribution in [2.24, 2.45) is 5.90 Å². The van der Waals surface area contributed by atoms with Crippen molar-refractivity contribution in [2.75, 3.05) is 0 Å². The molecule has 1 heterocycles. The maximum absolute atomic E-state index is 10.3. The van der Waals surface area contributed by atoms with E-state index in [1.54, 1.807) is 0 Å². The molecule has 0 aliphatic heterocycles. The van der Waals surface area contributed by atoms with Gasteiger partial charge in [0.2, 0.25) is 5.88 Å². The first-order valence-corrected chi connectivity index (χ1v) is 2.25. The summed E-state index contributed by atoms with van der Waals surface area (Å²) in [6.07, 6.45) is 1.31. The van der Waals surface area contributed by atoms with Gasteiger partial charge >= 0.3 is 5.69 Å². The standard InChI is InChI=1S/C4H5N3O2/c5-9-3-1-2-6-4(8)7-3/h1-2H,5H2,(H,6,7,8). The molecule has 0 aromatic carbocycles. The first-order valence-electron chi connectivity index (χ1n) is 2.25. The molecule has 48 valence electrons. The predicted molar refractivity (Wildman–Crippen MR) is 29.7 cm³/mol. The van der Waals surface area contributed by atoms with Gasteiger partial charge in [-0.05, 0) is 0 Å². The molecular formula is C4H5N3O2. The molecule has 9 heavy (non-hydrogen) atoms. The number of hydrogen-bond donors (Lipinski definition) is 2. The molecule has 1 aromatic rings. The highest BCUT2D eigenvalue weighted by Crippen LogP contribution is 1.93. The van der Waals surface area contributed by atoms with E-state index in [0.717, 1.165) is 0 Å². The lowest BCUT2D eigenvalue weighted by atomic mass is 10.6. The number of aromatic nitrogens is 2. The third kappa shape index (κ3) is 1.26. The van der Waals surface area contributed by atoms with E-state index < -0.39 is 5.69 Å². The number of rotatable bonds is 1. The highest BCUT2D eigenvalue weighted by atomic mass is 16.6. The van der Waals surface area contributed by atoms with Crippen LogP contribution in [-0.2, 0) is 0 Å². The molecule has 0 atom stereocenters. The summed E-state index contributed by atoms with van der Waals surface area (Å²) < 4.78 is 0. The molecule has 0 unspecified atom stereocenters. The van der Waals surface area contributed by atoms with Gasteiger partial charge in [-0.25, -0.2) is 9.78 Å². The van der Waals surface area contributed by atoms with Gasteiger partial charge in [-0.2, -0.15) is 5.90 Å². The Kier molecular flexibility index (Phi) is 1.46. The number of nitrogens with two attached hydrogens (primary N) is 1. The van der Waals surface area contributed by atoms with Gasteiger partial charge in [-0.3, -0.25) is 4.98 Å². The fourth-order valence-corrected chi connectivity index (χ4v) is 0.421. The molecule has 0 saturated carbocycles. The monoisotopic (exact) mass is 127 g/mol. The van der Waals surface area contributed by atoms with E-state index in [0.29, 0.717) is 0 Å². The maximum Gasteiger partial charge on any atom is 0.347 e. The van der Waals surface area contributed by atoms with Crippen LogP contribution >= 0.6 is 0 Å². The van der Waals surface area contributed by atoms with E-state index in [9.17, 15) is 4.79 Å². The number of hydrogen-bond acceptors (Lipinski definition) is 4. The van der Waals surface area contributed by atoms with Gasteiger partial charge in [0.25, 0.3) is 0 Å². The van der Waals surface area contributed by atoms with E-state index in [2.05, 4.69) is 14.8 Å². The van der Waals surface area contributed by atoms with Crippen LogP contribution in [0.4, 0.5) is 0 Å². The minimum Gasteiger partial charge on any atom is -0.393 e. The van der Waals surface area contributed by atoms with Gasteiger partial charge in [0.05, 0.1) is 0 Å². The van der Waals surface area contributed by atoms with Gasteiger partial charge in [0.15, 0.2) is 0 Å². The molecule has 5 nitrogen and oxygen atoms in total. The summed E-state index contributed by atoms with van der Waals surface area (Å²) >= 11 is 0. The minimum absolute atomic E-state index is 0.204. The molecule has 0 amide bonds. The van der Waals surface area contributed by atoms with Gasteiger partial charge in [0, 0.05) is 12.3 Å². The lowest BCUT2D eigenvalue weighted by Gasteiger charge is -1.92. The van der Waals surface area contributed by atoms with Crippen LogP contribution in [0.1, 0.15) is 0 Å². The second-order valence-corrected chi connectivity index (χ2v) is 1.36. The Labute approximate surface area is 50.4 Å². The Hall–Kier alpha value is -1.36. The summed E-state index contributed by atoms with van der Waals surface area (Å²) in [6, 6.07) is 1.45. The van der Waals surface area contributed by atoms with Crippen molar-refractivity contribution in [3.8, 4) is 5.88 Å². The van der Waals surface area contributed by atoms with Crippen molar-refractivity contribution in [1.82, 2.24) is 9.97 Å². The van der Waals surface area contributed by atoms with Crippen LogP contribution in [0.2, 0.25) is 0 Å². The summed E-state index contributed by atoms with van der Waals surface area (Å²) in [7, 11) is 0. The zero-order chi connectivity index (χ0) is 6.69. The topological polar surface area (TPSA) is 81.0 Å². The van der Waals surface area contributed by atoms with Crippen molar-refractivity contribution in [3.05, 3.63) is 22.7 Å². The molecule has 0 aliphatic rings. The van der Waals surface area contributed by atoms with Crippen LogP contribution in [-0.4, -0.2) is 9.97 Å². The Morgan fingerprint density at radius 1 is 1.78 bits per heavy atom. The summed E-state index contributed by atoms with van der Waals surface area (Å²) in [4.78, 5) is 20.1. The quantitative estimate of drug-likeness (QED) is 0.475. The molecule has 0 fully saturated rings. The average Bonchev–Trinajstić information content (AvgIpc) is 1.88. The summed E-state index contributed by atoms with van der Waals surface area (Å²) in [5.41, 5.74) is -0.474. The van der Waals surface area contributed by atoms with Crippen molar-refractivity contribution in [3.63, 3.8) is 0 Å². The molecule has 0 bridgehead atoms. The van der Waals surface area contributed by atoms with Crippen LogP contribution in [0.25, 0.3) is 0 Å². The normalized spacial score (nSPS) is 9.00. The molecule has 0 radical (unpaired) electrons. The minimum atomic E-state index is -0.474. The van der Waals surface area contributed by atoms with Crippen molar-refractivity contribution < 1.29 is 4.84 Å². The third-order valence-electron chi connectivity index (χ3n) is 0.775. The molecule has 1 rings (SSSR count). The zero-order valence-corrected chi connectivity index (χ0v) is 4.50.